The van der Waals surface area contributed by atoms with E-state index in [9.17, 15) is 19.5 Å². The summed E-state index contributed by atoms with van der Waals surface area (Å²) in [4.78, 5) is 41.2. The fraction of sp³-hybridized carbons (Fsp3) is 0.464. The average molecular weight is 498 g/mol. The number of ether oxygens (including phenoxy) is 1. The summed E-state index contributed by atoms with van der Waals surface area (Å²) in [5.74, 6) is -0.942. The summed E-state index contributed by atoms with van der Waals surface area (Å²) in [6, 6.07) is 12.4. The summed E-state index contributed by atoms with van der Waals surface area (Å²) in [6.07, 6.45) is -0.824. The molecule has 8 heteroatoms. The SMILES string of the molecule is Cc1cccc(C(C(=O)NCc2ccccc2)N(C(=O)C(CO)NC(=O)OC(C)(C)C)C(C)C)c1C. The zero-order valence-corrected chi connectivity index (χ0v) is 22.3. The van der Waals surface area contributed by atoms with Crippen LogP contribution < -0.4 is 10.6 Å². The van der Waals surface area contributed by atoms with Crippen LogP contribution >= 0.6 is 0 Å². The molecule has 0 aliphatic heterocycles. The van der Waals surface area contributed by atoms with Crippen LogP contribution in [0.3, 0.4) is 0 Å². The van der Waals surface area contributed by atoms with Gasteiger partial charge in [0.1, 0.15) is 17.7 Å². The van der Waals surface area contributed by atoms with E-state index in [1.54, 1.807) is 34.6 Å². The van der Waals surface area contributed by atoms with E-state index in [1.807, 2.05) is 62.4 Å². The van der Waals surface area contributed by atoms with Crippen LogP contribution in [0.4, 0.5) is 4.79 Å². The molecule has 0 fully saturated rings. The zero-order valence-electron chi connectivity index (χ0n) is 22.3. The van der Waals surface area contributed by atoms with E-state index in [1.165, 1.54) is 4.90 Å². The van der Waals surface area contributed by atoms with Crippen molar-refractivity contribution in [2.45, 2.75) is 78.7 Å². The van der Waals surface area contributed by atoms with E-state index in [2.05, 4.69) is 10.6 Å². The quantitative estimate of drug-likeness (QED) is 0.489. The maximum absolute atomic E-state index is 13.7. The molecule has 196 valence electrons. The minimum atomic E-state index is -1.28. The van der Waals surface area contributed by atoms with Crippen molar-refractivity contribution in [2.75, 3.05) is 6.61 Å². The molecule has 0 aliphatic carbocycles. The Balaban J connectivity index is 2.44. The van der Waals surface area contributed by atoms with Gasteiger partial charge in [-0.15, -0.1) is 0 Å². The van der Waals surface area contributed by atoms with E-state index >= 15 is 0 Å². The number of aliphatic hydroxyl groups excluding tert-OH is 1. The Morgan fingerprint density at radius 2 is 1.64 bits per heavy atom. The number of carbonyl (C=O) groups excluding carboxylic acids is 3. The molecular weight excluding hydrogens is 458 g/mol. The summed E-state index contributed by atoms with van der Waals surface area (Å²) < 4.78 is 5.26. The number of rotatable bonds is 9. The Bertz CT molecular complexity index is 1050. The highest BCUT2D eigenvalue weighted by atomic mass is 16.6. The molecule has 2 unspecified atom stereocenters. The van der Waals surface area contributed by atoms with Gasteiger partial charge < -0.3 is 25.4 Å². The van der Waals surface area contributed by atoms with Crippen LogP contribution in [0, 0.1) is 13.8 Å². The van der Waals surface area contributed by atoms with Gasteiger partial charge in [-0.05, 0) is 70.7 Å². The van der Waals surface area contributed by atoms with Gasteiger partial charge >= 0.3 is 6.09 Å². The number of hydrogen-bond donors (Lipinski definition) is 3. The fourth-order valence-electron chi connectivity index (χ4n) is 3.86. The second kappa shape index (κ2) is 12.5. The van der Waals surface area contributed by atoms with Crippen molar-refractivity contribution >= 4 is 17.9 Å². The van der Waals surface area contributed by atoms with Crippen molar-refractivity contribution in [2.24, 2.45) is 0 Å². The third kappa shape index (κ3) is 7.81. The van der Waals surface area contributed by atoms with Crippen LogP contribution in [0.1, 0.15) is 62.9 Å². The van der Waals surface area contributed by atoms with Crippen molar-refractivity contribution in [3.63, 3.8) is 0 Å². The Morgan fingerprint density at radius 3 is 2.19 bits per heavy atom. The molecule has 8 nitrogen and oxygen atoms in total. The molecule has 0 heterocycles. The van der Waals surface area contributed by atoms with Crippen molar-refractivity contribution < 1.29 is 24.2 Å². The maximum Gasteiger partial charge on any atom is 0.408 e. The first-order chi connectivity index (χ1) is 16.9. The first kappa shape index (κ1) is 28.8. The lowest BCUT2D eigenvalue weighted by Gasteiger charge is -2.37. The molecule has 0 saturated carbocycles. The highest BCUT2D eigenvalue weighted by Crippen LogP contribution is 2.29. The van der Waals surface area contributed by atoms with Crippen LogP contribution in [-0.4, -0.2) is 52.2 Å². The second-order valence-electron chi connectivity index (χ2n) is 10.1. The minimum Gasteiger partial charge on any atom is -0.444 e. The van der Waals surface area contributed by atoms with E-state index in [4.69, 9.17) is 4.74 Å². The van der Waals surface area contributed by atoms with Crippen molar-refractivity contribution in [1.82, 2.24) is 15.5 Å². The number of nitrogens with one attached hydrogen (secondary N) is 2. The Kier molecular flexibility index (Phi) is 10.0. The summed E-state index contributed by atoms with van der Waals surface area (Å²) in [5.41, 5.74) is 2.69. The summed E-state index contributed by atoms with van der Waals surface area (Å²) >= 11 is 0. The normalized spacial score (nSPS) is 13.0. The van der Waals surface area contributed by atoms with Crippen LogP contribution in [0.15, 0.2) is 48.5 Å². The molecule has 36 heavy (non-hydrogen) atoms. The van der Waals surface area contributed by atoms with Crippen LogP contribution in [0.5, 0.6) is 0 Å². The van der Waals surface area contributed by atoms with Gasteiger partial charge in [0, 0.05) is 12.6 Å². The number of benzene rings is 2. The highest BCUT2D eigenvalue weighted by Gasteiger charge is 2.38. The lowest BCUT2D eigenvalue weighted by molar-refractivity contribution is -0.145. The Morgan fingerprint density at radius 1 is 1.00 bits per heavy atom. The van der Waals surface area contributed by atoms with Gasteiger partial charge in [0.05, 0.1) is 6.61 Å². The topological polar surface area (TPSA) is 108 Å². The lowest BCUT2D eigenvalue weighted by atomic mass is 9.94. The van der Waals surface area contributed by atoms with Crippen molar-refractivity contribution in [1.29, 1.82) is 0 Å². The predicted molar refractivity (Wildman–Crippen MR) is 139 cm³/mol. The summed E-state index contributed by atoms with van der Waals surface area (Å²) in [6.45, 7) is 12.2. The maximum atomic E-state index is 13.7. The van der Waals surface area contributed by atoms with Gasteiger partial charge in [-0.1, -0.05) is 48.5 Å². The third-order valence-electron chi connectivity index (χ3n) is 5.76. The lowest BCUT2D eigenvalue weighted by Crippen LogP contribution is -2.56. The molecule has 0 aromatic heterocycles. The molecule has 2 aromatic rings. The average Bonchev–Trinajstić information content (AvgIpc) is 2.80. The van der Waals surface area contributed by atoms with E-state index in [-0.39, 0.29) is 5.91 Å². The number of nitrogens with zero attached hydrogens (tertiary/aromatic N) is 1. The minimum absolute atomic E-state index is 0.292. The van der Waals surface area contributed by atoms with Gasteiger partial charge in [-0.25, -0.2) is 4.79 Å². The first-order valence-electron chi connectivity index (χ1n) is 12.2. The number of hydrogen-bond acceptors (Lipinski definition) is 5. The molecule has 0 aliphatic rings. The monoisotopic (exact) mass is 497 g/mol. The number of alkyl carbamates (subject to hydrolysis) is 1. The first-order valence-corrected chi connectivity index (χ1v) is 12.2. The molecule has 0 spiro atoms. The smallest absolute Gasteiger partial charge is 0.408 e. The Labute approximate surface area is 214 Å². The van der Waals surface area contributed by atoms with Gasteiger partial charge in [-0.3, -0.25) is 9.59 Å². The molecule has 2 aromatic carbocycles. The van der Waals surface area contributed by atoms with E-state index in [0.29, 0.717) is 12.1 Å². The highest BCUT2D eigenvalue weighted by molar-refractivity contribution is 5.92. The number of aliphatic hydroxyl groups is 1. The van der Waals surface area contributed by atoms with Gasteiger partial charge in [0.25, 0.3) is 0 Å². The standard InChI is InChI=1S/C28H39N3O5/c1-18(2)31(26(34)23(17-32)30-27(35)36-28(5,6)7)24(22-15-11-12-19(3)20(22)4)25(33)29-16-21-13-9-8-10-14-21/h8-15,18,23-24,32H,16-17H2,1-7H3,(H,29,33)(H,30,35). The predicted octanol–water partition coefficient (Wildman–Crippen LogP) is 3.78. The summed E-state index contributed by atoms with van der Waals surface area (Å²) in [7, 11) is 0. The molecule has 0 bridgehead atoms. The summed E-state index contributed by atoms with van der Waals surface area (Å²) in [5, 5.41) is 15.4. The van der Waals surface area contributed by atoms with Gasteiger partial charge in [-0.2, -0.15) is 0 Å². The largest absolute Gasteiger partial charge is 0.444 e. The van der Waals surface area contributed by atoms with Crippen molar-refractivity contribution in [3.8, 4) is 0 Å². The van der Waals surface area contributed by atoms with Gasteiger partial charge in [0.2, 0.25) is 11.8 Å². The molecule has 2 atom stereocenters. The zero-order chi connectivity index (χ0) is 27.0. The van der Waals surface area contributed by atoms with E-state index in [0.717, 1.165) is 16.7 Å². The molecule has 3 amide bonds. The Hall–Kier alpha value is -3.39. The van der Waals surface area contributed by atoms with Crippen molar-refractivity contribution in [3.05, 3.63) is 70.8 Å². The third-order valence-corrected chi connectivity index (χ3v) is 5.76. The molecule has 2 rings (SSSR count). The molecule has 0 radical (unpaired) electrons. The second-order valence-corrected chi connectivity index (χ2v) is 10.1. The van der Waals surface area contributed by atoms with Crippen LogP contribution in [0.2, 0.25) is 0 Å². The van der Waals surface area contributed by atoms with Crippen LogP contribution in [-0.2, 0) is 20.9 Å². The number of aryl methyl sites for hydroxylation is 1. The molecule has 0 saturated heterocycles. The van der Waals surface area contributed by atoms with Gasteiger partial charge in [0.15, 0.2) is 0 Å². The van der Waals surface area contributed by atoms with E-state index < -0.39 is 42.3 Å². The molecular formula is C28H39N3O5. The van der Waals surface area contributed by atoms with Crippen LogP contribution in [0.25, 0.3) is 0 Å². The fourth-order valence-corrected chi connectivity index (χ4v) is 3.86. The number of carbonyl (C=O) groups is 3. The number of amides is 3. The molecule has 3 N–H and O–H groups in total.